The largest absolute Gasteiger partial charge is 0.336 e. The molecule has 0 aromatic heterocycles. The van der Waals surface area contributed by atoms with Gasteiger partial charge in [-0.15, -0.1) is 0 Å². The predicted molar refractivity (Wildman–Crippen MR) is 115 cm³/mol. The number of carbonyl (C=O) groups excluding carboxylic acids is 1. The van der Waals surface area contributed by atoms with Crippen molar-refractivity contribution in [2.24, 2.45) is 11.7 Å². The Labute approximate surface area is 187 Å². The Morgan fingerprint density at radius 3 is 2.19 bits per heavy atom. The molecule has 3 aliphatic rings. The molecule has 4 rings (SSSR count). The lowest BCUT2D eigenvalue weighted by molar-refractivity contribution is -0.133. The molecule has 178 valence electrons. The van der Waals surface area contributed by atoms with Crippen LogP contribution in [0.2, 0.25) is 0 Å². The molecule has 2 aliphatic heterocycles. The maximum Gasteiger partial charge on any atom is 0.238 e. The lowest BCUT2D eigenvalue weighted by Crippen LogP contribution is -2.52. The number of fused-ring (bicyclic) bond motifs is 2. The van der Waals surface area contributed by atoms with Crippen LogP contribution >= 0.6 is 0 Å². The van der Waals surface area contributed by atoms with Crippen LogP contribution < -0.4 is 5.73 Å². The van der Waals surface area contributed by atoms with Gasteiger partial charge in [-0.1, -0.05) is 19.3 Å². The second-order valence-electron chi connectivity index (χ2n) is 9.71. The first-order chi connectivity index (χ1) is 15.2. The van der Waals surface area contributed by atoms with Crippen molar-refractivity contribution in [3.63, 3.8) is 0 Å². The van der Waals surface area contributed by atoms with E-state index in [1.807, 2.05) is 0 Å². The number of amides is 1. The zero-order chi connectivity index (χ0) is 23.0. The van der Waals surface area contributed by atoms with Crippen LogP contribution in [0.5, 0.6) is 0 Å². The van der Waals surface area contributed by atoms with E-state index in [-0.39, 0.29) is 35.9 Å². The molecule has 0 radical (unpaired) electrons. The molecular weight excluding hydrogens is 441 g/mol. The van der Waals surface area contributed by atoms with Gasteiger partial charge in [-0.05, 0) is 62.5 Å². The Morgan fingerprint density at radius 2 is 1.56 bits per heavy atom. The first kappa shape index (κ1) is 23.5. The molecule has 9 heteroatoms. The van der Waals surface area contributed by atoms with Crippen LogP contribution in [0, 0.1) is 23.4 Å². The summed E-state index contributed by atoms with van der Waals surface area (Å²) in [7, 11) is -3.46. The normalized spacial score (nSPS) is 27.5. The molecule has 5 nitrogen and oxygen atoms in total. The molecule has 1 amide bonds. The second-order valence-corrected chi connectivity index (χ2v) is 12.0. The number of halogens is 3. The van der Waals surface area contributed by atoms with Crippen molar-refractivity contribution in [2.75, 3.05) is 5.75 Å². The van der Waals surface area contributed by atoms with Crippen molar-refractivity contribution >= 4 is 15.7 Å². The van der Waals surface area contributed by atoms with E-state index in [1.54, 1.807) is 4.90 Å². The predicted octanol–water partition coefficient (Wildman–Crippen LogP) is 3.49. The van der Waals surface area contributed by atoms with Crippen molar-refractivity contribution in [3.05, 3.63) is 35.1 Å². The molecular formula is C23H31F3N2O3S. The van der Waals surface area contributed by atoms with E-state index in [0.717, 1.165) is 38.2 Å². The van der Waals surface area contributed by atoms with Crippen LogP contribution in [0.1, 0.15) is 63.4 Å². The molecule has 0 spiro atoms. The van der Waals surface area contributed by atoms with Crippen molar-refractivity contribution < 1.29 is 26.4 Å². The number of hydrogen-bond acceptors (Lipinski definition) is 4. The monoisotopic (exact) mass is 472 g/mol. The minimum Gasteiger partial charge on any atom is -0.336 e. The highest BCUT2D eigenvalue weighted by atomic mass is 32.2. The summed E-state index contributed by atoms with van der Waals surface area (Å²) in [5.41, 5.74) is 6.37. The van der Waals surface area contributed by atoms with E-state index < -0.39 is 44.3 Å². The average Bonchev–Trinajstić information content (AvgIpc) is 3.02. The number of nitrogens with two attached hydrogens (primary N) is 1. The third-order valence-electron chi connectivity index (χ3n) is 7.59. The number of sulfone groups is 1. The first-order valence-corrected chi connectivity index (χ1v) is 13.3. The molecule has 3 fully saturated rings. The van der Waals surface area contributed by atoms with Gasteiger partial charge in [-0.25, -0.2) is 21.6 Å². The molecule has 2 bridgehead atoms. The summed E-state index contributed by atoms with van der Waals surface area (Å²) < 4.78 is 66.3. The Balaban J connectivity index is 1.39. The molecule has 1 aliphatic carbocycles. The third-order valence-corrected chi connectivity index (χ3v) is 9.73. The fourth-order valence-electron chi connectivity index (χ4n) is 5.91. The quantitative estimate of drug-likeness (QED) is 0.643. The van der Waals surface area contributed by atoms with Gasteiger partial charge in [0.1, 0.15) is 11.6 Å². The topological polar surface area (TPSA) is 80.5 Å². The molecule has 1 aromatic rings. The Hall–Kier alpha value is -1.61. The number of piperidine rings is 1. The Bertz CT molecular complexity index is 951. The maximum atomic E-state index is 14.0. The van der Waals surface area contributed by atoms with E-state index in [0.29, 0.717) is 31.7 Å². The van der Waals surface area contributed by atoms with Gasteiger partial charge in [0.25, 0.3) is 0 Å². The lowest BCUT2D eigenvalue weighted by atomic mass is 9.82. The van der Waals surface area contributed by atoms with Crippen LogP contribution in [-0.4, -0.2) is 48.4 Å². The lowest BCUT2D eigenvalue weighted by Gasteiger charge is -2.41. The van der Waals surface area contributed by atoms with Crippen molar-refractivity contribution in [2.45, 2.75) is 87.6 Å². The van der Waals surface area contributed by atoms with Crippen LogP contribution in [0.3, 0.4) is 0 Å². The minimum atomic E-state index is -3.46. The van der Waals surface area contributed by atoms with Crippen LogP contribution in [-0.2, 0) is 21.1 Å². The smallest absolute Gasteiger partial charge is 0.238 e. The molecule has 1 aromatic carbocycles. The van der Waals surface area contributed by atoms with Gasteiger partial charge in [-0.3, -0.25) is 4.79 Å². The SMILES string of the molecule is N[C@H](Cc1cc(F)c(F)cc1F)[C@@H]1C[C@H]2CC[C@@H](C1)N2C(=O)CS(=O)(=O)C1CCCCC1. The second kappa shape index (κ2) is 9.33. The summed E-state index contributed by atoms with van der Waals surface area (Å²) in [6.45, 7) is 0. The van der Waals surface area contributed by atoms with E-state index in [9.17, 15) is 26.4 Å². The van der Waals surface area contributed by atoms with Crippen molar-refractivity contribution in [3.8, 4) is 0 Å². The number of carbonyl (C=O) groups is 1. The van der Waals surface area contributed by atoms with Crippen molar-refractivity contribution in [1.82, 2.24) is 4.90 Å². The van der Waals surface area contributed by atoms with E-state index >= 15 is 0 Å². The first-order valence-electron chi connectivity index (χ1n) is 11.6. The zero-order valence-electron chi connectivity index (χ0n) is 18.1. The molecule has 2 N–H and O–H groups in total. The average molecular weight is 473 g/mol. The summed E-state index contributed by atoms with van der Waals surface area (Å²) in [6.07, 6.45) is 7.00. The number of benzene rings is 1. The van der Waals surface area contributed by atoms with Gasteiger partial charge < -0.3 is 10.6 Å². The van der Waals surface area contributed by atoms with Crippen LogP contribution in [0.25, 0.3) is 0 Å². The van der Waals surface area contributed by atoms with Gasteiger partial charge in [0, 0.05) is 24.2 Å². The minimum absolute atomic E-state index is 0.000911. The summed E-state index contributed by atoms with van der Waals surface area (Å²) in [5.74, 6) is -3.90. The zero-order valence-corrected chi connectivity index (χ0v) is 18.9. The number of nitrogens with zero attached hydrogens (tertiary/aromatic N) is 1. The van der Waals surface area contributed by atoms with Gasteiger partial charge >= 0.3 is 0 Å². The standard InChI is InChI=1S/C23H31F3N2O3S/c24-19-12-21(26)20(25)10-14(19)11-22(27)15-8-16-6-7-17(9-15)28(16)23(29)13-32(30,31)18-4-2-1-3-5-18/h10,12,15-18,22H,1-9,11,13,27H2/t15-,16-,17+,22-/m1/s1. The fourth-order valence-corrected chi connectivity index (χ4v) is 7.69. The van der Waals surface area contributed by atoms with Gasteiger partial charge in [0.15, 0.2) is 21.5 Å². The van der Waals surface area contributed by atoms with Crippen LogP contribution in [0.4, 0.5) is 13.2 Å². The highest BCUT2D eigenvalue weighted by Gasteiger charge is 2.45. The number of hydrogen-bond donors (Lipinski definition) is 1. The highest BCUT2D eigenvalue weighted by Crippen LogP contribution is 2.40. The summed E-state index contributed by atoms with van der Waals surface area (Å²) >= 11 is 0. The Morgan fingerprint density at radius 1 is 0.969 bits per heavy atom. The highest BCUT2D eigenvalue weighted by molar-refractivity contribution is 7.92. The summed E-state index contributed by atoms with van der Waals surface area (Å²) in [4.78, 5) is 14.7. The van der Waals surface area contributed by atoms with Gasteiger partial charge in [0.2, 0.25) is 5.91 Å². The van der Waals surface area contributed by atoms with Gasteiger partial charge in [0.05, 0.1) is 5.25 Å². The Kier molecular flexibility index (Phi) is 6.86. The molecule has 0 unspecified atom stereocenters. The van der Waals surface area contributed by atoms with Crippen LogP contribution in [0.15, 0.2) is 12.1 Å². The maximum absolute atomic E-state index is 14.0. The molecule has 4 atom stereocenters. The number of rotatable bonds is 6. The molecule has 2 heterocycles. The third kappa shape index (κ3) is 4.83. The van der Waals surface area contributed by atoms with Crippen molar-refractivity contribution in [1.29, 1.82) is 0 Å². The van der Waals surface area contributed by atoms with Gasteiger partial charge in [-0.2, -0.15) is 0 Å². The van der Waals surface area contributed by atoms with E-state index in [4.69, 9.17) is 5.73 Å². The molecule has 2 saturated heterocycles. The molecule has 1 saturated carbocycles. The van der Waals surface area contributed by atoms with E-state index in [2.05, 4.69) is 0 Å². The van der Waals surface area contributed by atoms with E-state index in [1.165, 1.54) is 0 Å². The fraction of sp³-hybridized carbons (Fsp3) is 0.696. The molecule has 32 heavy (non-hydrogen) atoms. The summed E-state index contributed by atoms with van der Waals surface area (Å²) in [6, 6.07) is 0.784. The summed E-state index contributed by atoms with van der Waals surface area (Å²) in [5, 5.41) is -0.408.